The SMILES string of the molecule is Cc1cc(C)c(S(=O)(=O)N(CC(=O)N2CCc3ccccc32)c2cccc(C(F)(F)F)c2)c(C)c1. The molecule has 0 atom stereocenters. The summed E-state index contributed by atoms with van der Waals surface area (Å²) in [4.78, 5) is 14.8. The first-order valence-corrected chi connectivity index (χ1v) is 12.5. The fourth-order valence-electron chi connectivity index (χ4n) is 4.64. The van der Waals surface area contributed by atoms with Crippen molar-refractivity contribution in [2.45, 2.75) is 38.3 Å². The number of rotatable bonds is 5. The third kappa shape index (κ3) is 4.77. The standard InChI is InChI=1S/C26H25F3N2O3S/c1-17-13-18(2)25(19(3)14-17)35(33,34)31(22-9-6-8-21(15-22)26(27,28)29)16-24(32)30-12-11-20-7-4-5-10-23(20)30/h4-10,13-15H,11-12,16H2,1-3H3. The molecular weight excluding hydrogens is 477 g/mol. The monoisotopic (exact) mass is 502 g/mol. The van der Waals surface area contributed by atoms with Crippen molar-refractivity contribution in [3.63, 3.8) is 0 Å². The van der Waals surface area contributed by atoms with Crippen molar-refractivity contribution in [2.24, 2.45) is 0 Å². The molecule has 184 valence electrons. The second-order valence-corrected chi connectivity index (χ2v) is 10.5. The van der Waals surface area contributed by atoms with Crippen molar-refractivity contribution in [1.29, 1.82) is 0 Å². The van der Waals surface area contributed by atoms with Crippen molar-refractivity contribution in [2.75, 3.05) is 22.3 Å². The molecule has 0 aliphatic carbocycles. The van der Waals surface area contributed by atoms with Gasteiger partial charge in [-0.3, -0.25) is 9.10 Å². The Hall–Kier alpha value is -3.33. The molecule has 0 spiro atoms. The molecule has 0 N–H and O–H groups in total. The number of anilines is 2. The van der Waals surface area contributed by atoms with Crippen molar-refractivity contribution in [3.05, 3.63) is 88.5 Å². The molecule has 1 amide bonds. The zero-order valence-electron chi connectivity index (χ0n) is 19.6. The Balaban J connectivity index is 1.82. The van der Waals surface area contributed by atoms with E-state index in [0.717, 1.165) is 33.6 Å². The number of nitrogens with zero attached hydrogens (tertiary/aromatic N) is 2. The molecule has 35 heavy (non-hydrogen) atoms. The molecule has 0 radical (unpaired) electrons. The molecule has 0 unspecified atom stereocenters. The lowest BCUT2D eigenvalue weighted by molar-refractivity contribution is -0.137. The Morgan fingerprint density at radius 2 is 1.63 bits per heavy atom. The number of hydrogen-bond donors (Lipinski definition) is 0. The van der Waals surface area contributed by atoms with Crippen LogP contribution in [0, 0.1) is 20.8 Å². The van der Waals surface area contributed by atoms with Crippen LogP contribution in [0.2, 0.25) is 0 Å². The van der Waals surface area contributed by atoms with Crippen LogP contribution >= 0.6 is 0 Å². The molecule has 4 rings (SSSR count). The van der Waals surface area contributed by atoms with Gasteiger partial charge in [0.15, 0.2) is 0 Å². The number of aryl methyl sites for hydroxylation is 3. The van der Waals surface area contributed by atoms with E-state index >= 15 is 0 Å². The van der Waals surface area contributed by atoms with Crippen molar-refractivity contribution in [1.82, 2.24) is 0 Å². The number of fused-ring (bicyclic) bond motifs is 1. The Morgan fingerprint density at radius 1 is 0.971 bits per heavy atom. The fourth-order valence-corrected chi connectivity index (χ4v) is 6.47. The van der Waals surface area contributed by atoms with Crippen LogP contribution in [-0.2, 0) is 27.4 Å². The minimum atomic E-state index is -4.67. The Kier molecular flexibility index (Phi) is 6.40. The van der Waals surface area contributed by atoms with Crippen molar-refractivity contribution < 1.29 is 26.4 Å². The van der Waals surface area contributed by atoms with Gasteiger partial charge in [0, 0.05) is 12.2 Å². The first-order chi connectivity index (χ1) is 16.4. The lowest BCUT2D eigenvalue weighted by Gasteiger charge is -2.28. The number of halogens is 3. The summed E-state index contributed by atoms with van der Waals surface area (Å²) in [6, 6.07) is 14.8. The summed E-state index contributed by atoms with van der Waals surface area (Å²) in [6.45, 7) is 4.84. The Bertz CT molecular complexity index is 1380. The van der Waals surface area contributed by atoms with Crippen LogP contribution < -0.4 is 9.21 Å². The molecule has 3 aromatic rings. The molecule has 9 heteroatoms. The van der Waals surface area contributed by atoms with Crippen LogP contribution in [-0.4, -0.2) is 27.4 Å². The molecule has 1 heterocycles. The van der Waals surface area contributed by atoms with E-state index in [0.29, 0.717) is 29.8 Å². The van der Waals surface area contributed by atoms with Gasteiger partial charge >= 0.3 is 6.18 Å². The van der Waals surface area contributed by atoms with E-state index in [2.05, 4.69) is 0 Å². The van der Waals surface area contributed by atoms with Gasteiger partial charge in [-0.2, -0.15) is 13.2 Å². The minimum Gasteiger partial charge on any atom is -0.310 e. The number of amides is 1. The minimum absolute atomic E-state index is 0.0184. The molecule has 0 fully saturated rings. The van der Waals surface area contributed by atoms with Crippen LogP contribution in [0.15, 0.2) is 65.6 Å². The summed E-state index contributed by atoms with van der Waals surface area (Å²) < 4.78 is 69.0. The third-order valence-electron chi connectivity index (χ3n) is 6.08. The van der Waals surface area contributed by atoms with E-state index in [9.17, 15) is 26.4 Å². The summed E-state index contributed by atoms with van der Waals surface area (Å²) in [6.07, 6.45) is -4.05. The Labute approximate surface area is 202 Å². The molecule has 0 aromatic heterocycles. The van der Waals surface area contributed by atoms with E-state index in [1.807, 2.05) is 19.1 Å². The van der Waals surface area contributed by atoms with Gasteiger partial charge in [0.1, 0.15) is 6.54 Å². The molecule has 1 aliphatic heterocycles. The van der Waals surface area contributed by atoms with Gasteiger partial charge in [0.05, 0.1) is 16.1 Å². The highest BCUT2D eigenvalue weighted by atomic mass is 32.2. The predicted molar refractivity (Wildman–Crippen MR) is 129 cm³/mol. The summed E-state index contributed by atoms with van der Waals surface area (Å²) in [7, 11) is -4.38. The van der Waals surface area contributed by atoms with Crippen LogP contribution in [0.4, 0.5) is 24.5 Å². The second kappa shape index (κ2) is 9.03. The molecule has 5 nitrogen and oxygen atoms in total. The van der Waals surface area contributed by atoms with Crippen LogP contribution in [0.3, 0.4) is 0 Å². The highest BCUT2D eigenvalue weighted by Crippen LogP contribution is 2.35. The largest absolute Gasteiger partial charge is 0.416 e. The zero-order valence-corrected chi connectivity index (χ0v) is 20.4. The molecule has 3 aromatic carbocycles. The van der Waals surface area contributed by atoms with Crippen molar-refractivity contribution in [3.8, 4) is 0 Å². The Morgan fingerprint density at radius 3 is 2.29 bits per heavy atom. The normalized spacial score (nSPS) is 13.6. The summed E-state index contributed by atoms with van der Waals surface area (Å²) >= 11 is 0. The number of carbonyl (C=O) groups is 1. The van der Waals surface area contributed by atoms with E-state index < -0.39 is 34.2 Å². The third-order valence-corrected chi connectivity index (χ3v) is 8.16. The summed E-state index contributed by atoms with van der Waals surface area (Å²) in [5.41, 5.74) is 2.19. The van der Waals surface area contributed by atoms with Gasteiger partial charge in [0.25, 0.3) is 10.0 Å². The fraction of sp³-hybridized carbons (Fsp3) is 0.269. The number of hydrogen-bond acceptors (Lipinski definition) is 3. The topological polar surface area (TPSA) is 57.7 Å². The van der Waals surface area contributed by atoms with Gasteiger partial charge in [-0.05, 0) is 68.1 Å². The van der Waals surface area contributed by atoms with Gasteiger partial charge in [-0.1, -0.05) is 42.0 Å². The molecule has 1 aliphatic rings. The lowest BCUT2D eigenvalue weighted by atomic mass is 10.1. The van der Waals surface area contributed by atoms with Crippen LogP contribution in [0.1, 0.15) is 27.8 Å². The summed E-state index contributed by atoms with van der Waals surface area (Å²) in [5, 5.41) is 0. The van der Waals surface area contributed by atoms with Crippen LogP contribution in [0.5, 0.6) is 0 Å². The van der Waals surface area contributed by atoms with E-state index in [-0.39, 0.29) is 10.6 Å². The van der Waals surface area contributed by atoms with Gasteiger partial charge < -0.3 is 4.90 Å². The number of sulfonamides is 1. The molecule has 0 bridgehead atoms. The highest BCUT2D eigenvalue weighted by Gasteiger charge is 2.36. The number of alkyl halides is 3. The van der Waals surface area contributed by atoms with Gasteiger partial charge in [0.2, 0.25) is 5.91 Å². The average Bonchev–Trinajstić information content (AvgIpc) is 3.20. The number of benzene rings is 3. The van der Waals surface area contributed by atoms with Gasteiger partial charge in [-0.25, -0.2) is 8.42 Å². The lowest BCUT2D eigenvalue weighted by Crippen LogP contribution is -2.43. The predicted octanol–water partition coefficient (Wildman–Crippen LogP) is 5.42. The highest BCUT2D eigenvalue weighted by molar-refractivity contribution is 7.93. The first kappa shape index (κ1) is 24.8. The summed E-state index contributed by atoms with van der Waals surface area (Å²) in [5.74, 6) is -0.515. The van der Waals surface area contributed by atoms with E-state index in [1.165, 1.54) is 11.0 Å². The smallest absolute Gasteiger partial charge is 0.310 e. The number of para-hydroxylation sites is 1. The zero-order chi connectivity index (χ0) is 25.5. The van der Waals surface area contributed by atoms with E-state index in [1.54, 1.807) is 38.1 Å². The average molecular weight is 503 g/mol. The molecule has 0 saturated heterocycles. The quantitative estimate of drug-likeness (QED) is 0.469. The van der Waals surface area contributed by atoms with Crippen LogP contribution in [0.25, 0.3) is 0 Å². The van der Waals surface area contributed by atoms with Gasteiger partial charge in [-0.15, -0.1) is 0 Å². The maximum atomic E-state index is 13.9. The number of carbonyl (C=O) groups excluding carboxylic acids is 1. The first-order valence-electron chi connectivity index (χ1n) is 11.1. The maximum Gasteiger partial charge on any atom is 0.416 e. The van der Waals surface area contributed by atoms with Crippen molar-refractivity contribution >= 4 is 27.3 Å². The molecule has 0 saturated carbocycles. The molecular formula is C26H25F3N2O3S. The van der Waals surface area contributed by atoms with E-state index in [4.69, 9.17) is 0 Å². The maximum absolute atomic E-state index is 13.9. The second-order valence-electron chi connectivity index (χ2n) is 8.71.